The van der Waals surface area contributed by atoms with Gasteiger partial charge in [0.2, 0.25) is 0 Å². The van der Waals surface area contributed by atoms with Gasteiger partial charge in [-0.05, 0) is 35.4 Å². The molecule has 0 saturated carbocycles. The Morgan fingerprint density at radius 1 is 1.10 bits per heavy atom. The highest BCUT2D eigenvalue weighted by atomic mass is 16.5. The van der Waals surface area contributed by atoms with Crippen LogP contribution in [0.4, 0.5) is 0 Å². The Labute approximate surface area is 165 Å². The van der Waals surface area contributed by atoms with Crippen LogP contribution in [-0.2, 0) is 18.4 Å². The predicted octanol–water partition coefficient (Wildman–Crippen LogP) is 2.27. The molecule has 4 aromatic rings. The smallest absolute Gasteiger partial charge is 0.331 e. The van der Waals surface area contributed by atoms with E-state index in [9.17, 15) is 9.59 Å². The lowest BCUT2D eigenvalue weighted by molar-refractivity contribution is -0.135. The number of rotatable bonds is 4. The topological polar surface area (TPSA) is 103 Å². The number of nitrogens with zero attached hydrogens (tertiary/aromatic N) is 5. The molecule has 0 aliphatic heterocycles. The molecule has 2 aromatic carbocycles. The summed E-state index contributed by atoms with van der Waals surface area (Å²) in [4.78, 5) is 28.8. The number of esters is 1. The van der Waals surface area contributed by atoms with Crippen molar-refractivity contribution in [1.82, 2.24) is 19.3 Å². The van der Waals surface area contributed by atoms with Crippen LogP contribution >= 0.6 is 0 Å². The Morgan fingerprint density at radius 3 is 2.41 bits per heavy atom. The van der Waals surface area contributed by atoms with Crippen molar-refractivity contribution in [2.75, 3.05) is 0 Å². The van der Waals surface area contributed by atoms with Gasteiger partial charge in [-0.25, -0.2) is 9.78 Å². The van der Waals surface area contributed by atoms with Crippen LogP contribution in [0.1, 0.15) is 5.56 Å². The second-order valence-electron chi connectivity index (χ2n) is 6.37. The molecule has 8 heteroatoms. The van der Waals surface area contributed by atoms with E-state index in [2.05, 4.69) is 16.2 Å². The summed E-state index contributed by atoms with van der Waals surface area (Å²) in [5.74, 6) is -0.209. The van der Waals surface area contributed by atoms with Crippen molar-refractivity contribution in [2.45, 2.75) is 6.54 Å². The van der Waals surface area contributed by atoms with E-state index in [1.54, 1.807) is 31.3 Å². The second-order valence-corrected chi connectivity index (χ2v) is 6.37. The zero-order chi connectivity index (χ0) is 20.4. The quantitative estimate of drug-likeness (QED) is 0.394. The fourth-order valence-electron chi connectivity index (χ4n) is 2.93. The van der Waals surface area contributed by atoms with E-state index in [1.807, 2.05) is 24.3 Å². The van der Waals surface area contributed by atoms with Gasteiger partial charge in [0.25, 0.3) is 5.56 Å². The third-order valence-corrected chi connectivity index (χ3v) is 4.45. The van der Waals surface area contributed by atoms with Crippen molar-refractivity contribution < 1.29 is 9.53 Å². The first-order valence-corrected chi connectivity index (χ1v) is 8.73. The van der Waals surface area contributed by atoms with E-state index in [0.717, 1.165) is 11.1 Å². The Morgan fingerprint density at radius 2 is 1.76 bits per heavy atom. The van der Waals surface area contributed by atoms with Gasteiger partial charge in [-0.1, -0.05) is 24.3 Å². The molecule has 0 fully saturated rings. The fourth-order valence-corrected chi connectivity index (χ4v) is 2.93. The Hall–Kier alpha value is -4.25. The molecule has 29 heavy (non-hydrogen) atoms. The highest BCUT2D eigenvalue weighted by Gasteiger charge is 2.12. The van der Waals surface area contributed by atoms with Crippen LogP contribution in [0, 0.1) is 11.3 Å². The average molecular weight is 385 g/mol. The van der Waals surface area contributed by atoms with E-state index in [1.165, 1.54) is 21.8 Å². The minimum absolute atomic E-state index is 0.256. The SMILES string of the molecule is Cn1ncc2c(=O)n(CC(=O)Oc3ccc(-c4ccc(C#N)cc4)cc3)cnc21. The van der Waals surface area contributed by atoms with Crippen LogP contribution in [0.25, 0.3) is 22.2 Å². The maximum absolute atomic E-state index is 12.4. The Kier molecular flexibility index (Phi) is 4.63. The number of hydrogen-bond donors (Lipinski definition) is 0. The summed E-state index contributed by atoms with van der Waals surface area (Å²) in [5, 5.41) is 13.2. The zero-order valence-corrected chi connectivity index (χ0v) is 15.4. The number of carbonyl (C=O) groups excluding carboxylic acids is 1. The molecule has 0 atom stereocenters. The molecule has 0 bridgehead atoms. The predicted molar refractivity (Wildman–Crippen MR) is 105 cm³/mol. The van der Waals surface area contributed by atoms with Crippen molar-refractivity contribution >= 4 is 17.0 Å². The largest absolute Gasteiger partial charge is 0.425 e. The molecule has 0 amide bonds. The number of carbonyl (C=O) groups is 1. The maximum atomic E-state index is 12.4. The first kappa shape index (κ1) is 18.1. The second kappa shape index (κ2) is 7.40. The summed E-state index contributed by atoms with van der Waals surface area (Å²) in [6, 6.07) is 16.3. The highest BCUT2D eigenvalue weighted by molar-refractivity contribution is 5.75. The van der Waals surface area contributed by atoms with E-state index < -0.39 is 5.97 Å². The monoisotopic (exact) mass is 385 g/mol. The van der Waals surface area contributed by atoms with Crippen molar-refractivity contribution in [2.24, 2.45) is 7.05 Å². The normalized spacial score (nSPS) is 10.6. The van der Waals surface area contributed by atoms with Gasteiger partial charge in [0.15, 0.2) is 5.65 Å². The number of aromatic nitrogens is 4. The molecule has 8 nitrogen and oxygen atoms in total. The van der Waals surface area contributed by atoms with Crippen LogP contribution in [0.3, 0.4) is 0 Å². The molecular formula is C21H15N5O3. The van der Waals surface area contributed by atoms with Crippen LogP contribution in [0.5, 0.6) is 5.75 Å². The summed E-state index contributed by atoms with van der Waals surface area (Å²) in [6.07, 6.45) is 2.73. The van der Waals surface area contributed by atoms with Crippen molar-refractivity contribution in [3.63, 3.8) is 0 Å². The van der Waals surface area contributed by atoms with E-state index in [0.29, 0.717) is 22.3 Å². The van der Waals surface area contributed by atoms with Crippen LogP contribution in [0.15, 0.2) is 65.8 Å². The Bertz CT molecular complexity index is 1300. The molecule has 0 unspecified atom stereocenters. The van der Waals surface area contributed by atoms with E-state index in [4.69, 9.17) is 10.00 Å². The summed E-state index contributed by atoms with van der Waals surface area (Å²) >= 11 is 0. The fraction of sp³-hybridized carbons (Fsp3) is 0.0952. The zero-order valence-electron chi connectivity index (χ0n) is 15.4. The summed E-state index contributed by atoms with van der Waals surface area (Å²) in [6.45, 7) is -0.256. The number of ether oxygens (including phenoxy) is 1. The average Bonchev–Trinajstić information content (AvgIpc) is 3.12. The summed E-state index contributed by atoms with van der Waals surface area (Å²) in [5.41, 5.74) is 2.57. The van der Waals surface area contributed by atoms with Crippen molar-refractivity contribution in [1.29, 1.82) is 5.26 Å². The number of fused-ring (bicyclic) bond motifs is 1. The van der Waals surface area contributed by atoms with Gasteiger partial charge in [0.1, 0.15) is 24.0 Å². The molecule has 4 rings (SSSR count). The maximum Gasteiger partial charge on any atom is 0.331 e. The Balaban J connectivity index is 1.46. The van der Waals surface area contributed by atoms with Crippen LogP contribution < -0.4 is 10.3 Å². The van der Waals surface area contributed by atoms with E-state index in [-0.39, 0.29) is 12.1 Å². The summed E-state index contributed by atoms with van der Waals surface area (Å²) < 4.78 is 8.01. The first-order chi connectivity index (χ1) is 14.0. The lowest BCUT2D eigenvalue weighted by Crippen LogP contribution is -2.26. The number of benzene rings is 2. The molecule has 0 radical (unpaired) electrons. The van der Waals surface area contributed by atoms with Crippen molar-refractivity contribution in [3.8, 4) is 22.9 Å². The first-order valence-electron chi connectivity index (χ1n) is 8.73. The van der Waals surface area contributed by atoms with Crippen molar-refractivity contribution in [3.05, 3.63) is 77.0 Å². The molecule has 2 aromatic heterocycles. The number of nitriles is 1. The minimum Gasteiger partial charge on any atom is -0.425 e. The molecule has 0 spiro atoms. The minimum atomic E-state index is -0.580. The third kappa shape index (κ3) is 3.61. The van der Waals surface area contributed by atoms with Gasteiger partial charge in [-0.15, -0.1) is 0 Å². The lowest BCUT2D eigenvalue weighted by Gasteiger charge is -2.08. The molecular weight excluding hydrogens is 370 g/mol. The number of hydrogen-bond acceptors (Lipinski definition) is 6. The lowest BCUT2D eigenvalue weighted by atomic mass is 10.0. The highest BCUT2D eigenvalue weighted by Crippen LogP contribution is 2.23. The van der Waals surface area contributed by atoms with Gasteiger partial charge >= 0.3 is 5.97 Å². The van der Waals surface area contributed by atoms with Gasteiger partial charge in [0.05, 0.1) is 17.8 Å². The van der Waals surface area contributed by atoms with Gasteiger partial charge in [0, 0.05) is 7.05 Å². The molecule has 2 heterocycles. The third-order valence-electron chi connectivity index (χ3n) is 4.45. The van der Waals surface area contributed by atoms with Gasteiger partial charge < -0.3 is 4.74 Å². The number of aryl methyl sites for hydroxylation is 1. The molecule has 0 N–H and O–H groups in total. The molecule has 142 valence electrons. The van der Waals surface area contributed by atoms with E-state index >= 15 is 0 Å². The molecule has 0 aliphatic carbocycles. The van der Waals surface area contributed by atoms with Gasteiger partial charge in [-0.2, -0.15) is 10.4 Å². The van der Waals surface area contributed by atoms with Crippen LogP contribution in [-0.4, -0.2) is 25.3 Å². The molecule has 0 saturated heterocycles. The summed E-state index contributed by atoms with van der Waals surface area (Å²) in [7, 11) is 1.69. The molecule has 0 aliphatic rings. The van der Waals surface area contributed by atoms with Gasteiger partial charge in [-0.3, -0.25) is 14.0 Å². The van der Waals surface area contributed by atoms with Crippen LogP contribution in [0.2, 0.25) is 0 Å². The standard InChI is InChI=1S/C21H15N5O3/c1-25-20-18(11-24-25)21(28)26(13-23-20)12-19(27)29-17-8-6-16(7-9-17)15-4-2-14(10-22)3-5-15/h2-9,11,13H,12H2,1H3.